The molecule has 6 rings (SSSR count). The van der Waals surface area contributed by atoms with E-state index < -0.39 is 10.8 Å². The largest absolute Gasteiger partial charge is 0.326 e. The number of carbonyl (C=O) groups excluding carboxylic acids is 3. The fourth-order valence-corrected chi connectivity index (χ4v) is 6.48. The van der Waals surface area contributed by atoms with E-state index in [2.05, 4.69) is 15.6 Å². The topological polar surface area (TPSA) is 91.4 Å². The highest BCUT2D eigenvalue weighted by Crippen LogP contribution is 2.47. The fraction of sp³-hybridized carbons (Fsp3) is 0.355. The van der Waals surface area contributed by atoms with E-state index >= 15 is 0 Å². The molecule has 1 saturated heterocycles. The van der Waals surface area contributed by atoms with Gasteiger partial charge in [0.1, 0.15) is 18.2 Å². The van der Waals surface area contributed by atoms with Crippen LogP contribution in [0.25, 0.3) is 0 Å². The minimum absolute atomic E-state index is 0.0529. The van der Waals surface area contributed by atoms with Gasteiger partial charge >= 0.3 is 0 Å². The lowest BCUT2D eigenvalue weighted by Crippen LogP contribution is -2.50. The lowest BCUT2D eigenvalue weighted by atomic mass is 9.78. The monoisotopic (exact) mass is 526 g/mol. The van der Waals surface area contributed by atoms with Gasteiger partial charge in [-0.15, -0.1) is 0 Å². The summed E-state index contributed by atoms with van der Waals surface area (Å²) in [6, 6.07) is 14.0. The van der Waals surface area contributed by atoms with Crippen LogP contribution < -0.4 is 10.6 Å². The van der Waals surface area contributed by atoms with E-state index in [9.17, 15) is 18.8 Å². The Hall–Kier alpha value is -4.07. The Bertz CT molecular complexity index is 1530. The van der Waals surface area contributed by atoms with Crippen molar-refractivity contribution in [2.45, 2.75) is 57.9 Å². The van der Waals surface area contributed by atoms with Gasteiger partial charge < -0.3 is 15.5 Å². The number of nitrogens with zero attached hydrogens (tertiary/aromatic N) is 2. The van der Waals surface area contributed by atoms with Crippen LogP contribution in [0.15, 0.2) is 54.7 Å². The SMILES string of the molecule is Cc1c(F)cccc1[C@@H]1CCC(C)(C)C(=O)N1CC(=O)Nc1ccc2c(c1)CC1(C2)C(=O)Nc2ncccc21. The van der Waals surface area contributed by atoms with Crippen LogP contribution in [0.1, 0.15) is 60.5 Å². The third-order valence-electron chi connectivity index (χ3n) is 8.71. The summed E-state index contributed by atoms with van der Waals surface area (Å²) in [5.74, 6) is -0.197. The van der Waals surface area contributed by atoms with Gasteiger partial charge in [0, 0.05) is 22.9 Å². The van der Waals surface area contributed by atoms with Gasteiger partial charge in [-0.05, 0) is 79.1 Å². The zero-order chi connectivity index (χ0) is 27.5. The smallest absolute Gasteiger partial charge is 0.244 e. The van der Waals surface area contributed by atoms with Crippen LogP contribution in [0.2, 0.25) is 0 Å². The first-order valence-electron chi connectivity index (χ1n) is 13.3. The summed E-state index contributed by atoms with van der Waals surface area (Å²) in [5, 5.41) is 5.87. The molecule has 3 aromatic rings. The number of hydrogen-bond acceptors (Lipinski definition) is 4. The molecule has 2 aliphatic heterocycles. The molecule has 200 valence electrons. The van der Waals surface area contributed by atoms with Crippen molar-refractivity contribution in [2.75, 3.05) is 17.2 Å². The predicted octanol–water partition coefficient (Wildman–Crippen LogP) is 4.85. The third-order valence-corrected chi connectivity index (χ3v) is 8.71. The molecular weight excluding hydrogens is 495 g/mol. The molecule has 0 radical (unpaired) electrons. The van der Waals surface area contributed by atoms with Gasteiger partial charge in [0.05, 0.1) is 11.5 Å². The Morgan fingerprint density at radius 1 is 1.13 bits per heavy atom. The Morgan fingerprint density at radius 3 is 2.74 bits per heavy atom. The summed E-state index contributed by atoms with van der Waals surface area (Å²) in [5.41, 5.74) is 3.53. The molecule has 3 amide bonds. The van der Waals surface area contributed by atoms with Gasteiger partial charge in [-0.1, -0.05) is 38.1 Å². The highest BCUT2D eigenvalue weighted by atomic mass is 19.1. The lowest BCUT2D eigenvalue weighted by molar-refractivity contribution is -0.150. The summed E-state index contributed by atoms with van der Waals surface area (Å²) in [4.78, 5) is 45.6. The first-order chi connectivity index (χ1) is 18.6. The van der Waals surface area contributed by atoms with Gasteiger partial charge in [-0.3, -0.25) is 14.4 Å². The van der Waals surface area contributed by atoms with Crippen LogP contribution in [0, 0.1) is 18.2 Å². The van der Waals surface area contributed by atoms with E-state index in [1.54, 1.807) is 24.1 Å². The van der Waals surface area contributed by atoms with Gasteiger partial charge in [0.2, 0.25) is 17.7 Å². The van der Waals surface area contributed by atoms with Crippen LogP contribution in [0.3, 0.4) is 0 Å². The van der Waals surface area contributed by atoms with E-state index in [1.807, 2.05) is 50.2 Å². The number of amides is 3. The average molecular weight is 527 g/mol. The van der Waals surface area contributed by atoms with Crippen molar-refractivity contribution >= 4 is 29.2 Å². The summed E-state index contributed by atoms with van der Waals surface area (Å²) in [6.07, 6.45) is 4.07. The van der Waals surface area contributed by atoms with Crippen molar-refractivity contribution in [3.05, 3.63) is 88.4 Å². The molecule has 7 nitrogen and oxygen atoms in total. The van der Waals surface area contributed by atoms with Crippen molar-refractivity contribution in [3.8, 4) is 0 Å². The van der Waals surface area contributed by atoms with Crippen molar-refractivity contribution in [1.29, 1.82) is 0 Å². The molecule has 0 bridgehead atoms. The number of aromatic nitrogens is 1. The number of benzene rings is 2. The molecule has 1 unspecified atom stereocenters. The molecular formula is C31H31FN4O3. The number of rotatable bonds is 4. The molecule has 2 atom stereocenters. The molecule has 1 aliphatic carbocycles. The number of anilines is 2. The Morgan fingerprint density at radius 2 is 1.92 bits per heavy atom. The number of likely N-dealkylation sites (tertiary alicyclic amines) is 1. The number of carbonyl (C=O) groups is 3. The lowest BCUT2D eigenvalue weighted by Gasteiger charge is -2.43. The van der Waals surface area contributed by atoms with E-state index in [1.165, 1.54) is 6.07 Å². The molecule has 1 aromatic heterocycles. The Balaban J connectivity index is 1.22. The first kappa shape index (κ1) is 25.2. The first-order valence-corrected chi connectivity index (χ1v) is 13.3. The van der Waals surface area contributed by atoms with Crippen LogP contribution in [-0.2, 0) is 32.6 Å². The summed E-state index contributed by atoms with van der Waals surface area (Å²) in [6.45, 7) is 5.35. The highest BCUT2D eigenvalue weighted by molar-refractivity contribution is 6.06. The minimum atomic E-state index is -0.684. The fourth-order valence-electron chi connectivity index (χ4n) is 6.48. The van der Waals surface area contributed by atoms with Crippen LogP contribution in [0.5, 0.6) is 0 Å². The number of hydrogen-bond donors (Lipinski definition) is 2. The summed E-state index contributed by atoms with van der Waals surface area (Å²) >= 11 is 0. The zero-order valence-electron chi connectivity index (χ0n) is 22.3. The number of piperidine rings is 1. The maximum Gasteiger partial charge on any atom is 0.244 e. The molecule has 3 aliphatic rings. The number of fused-ring (bicyclic) bond motifs is 3. The quantitative estimate of drug-likeness (QED) is 0.509. The minimum Gasteiger partial charge on any atom is -0.326 e. The second-order valence-corrected chi connectivity index (χ2v) is 11.6. The van der Waals surface area contributed by atoms with Gasteiger partial charge in [-0.25, -0.2) is 9.37 Å². The van der Waals surface area contributed by atoms with Crippen molar-refractivity contribution in [2.24, 2.45) is 5.41 Å². The molecule has 1 spiro atoms. The predicted molar refractivity (Wildman–Crippen MR) is 146 cm³/mol. The van der Waals surface area contributed by atoms with Crippen LogP contribution in [-0.4, -0.2) is 34.2 Å². The van der Waals surface area contributed by atoms with Crippen LogP contribution in [0.4, 0.5) is 15.9 Å². The van der Waals surface area contributed by atoms with E-state index in [0.717, 1.165) is 22.3 Å². The van der Waals surface area contributed by atoms with Crippen molar-refractivity contribution < 1.29 is 18.8 Å². The zero-order valence-corrected chi connectivity index (χ0v) is 22.3. The average Bonchev–Trinajstić information content (AvgIpc) is 3.41. The number of halogens is 1. The highest BCUT2D eigenvalue weighted by Gasteiger charge is 2.51. The van der Waals surface area contributed by atoms with E-state index in [-0.39, 0.29) is 36.1 Å². The maximum atomic E-state index is 14.4. The van der Waals surface area contributed by atoms with Gasteiger partial charge in [0.15, 0.2) is 0 Å². The van der Waals surface area contributed by atoms with Gasteiger partial charge in [0.25, 0.3) is 0 Å². The molecule has 0 saturated carbocycles. The number of nitrogens with one attached hydrogen (secondary N) is 2. The van der Waals surface area contributed by atoms with Gasteiger partial charge in [-0.2, -0.15) is 0 Å². The molecule has 1 fully saturated rings. The van der Waals surface area contributed by atoms with Crippen molar-refractivity contribution in [1.82, 2.24) is 9.88 Å². The summed E-state index contributed by atoms with van der Waals surface area (Å²) < 4.78 is 14.4. The molecule has 3 heterocycles. The number of pyridine rings is 1. The van der Waals surface area contributed by atoms with Crippen molar-refractivity contribution in [3.63, 3.8) is 0 Å². The normalized spacial score (nSPS) is 23.0. The Labute approximate surface area is 226 Å². The van der Waals surface area contributed by atoms with Crippen LogP contribution >= 0.6 is 0 Å². The second-order valence-electron chi connectivity index (χ2n) is 11.6. The standard InChI is InChI=1S/C31H31FN4O3/c1-18-22(6-4-8-24(18)32)25-11-12-30(2,3)29(39)36(25)17-26(37)34-21-10-9-19-15-31(16-20(19)14-21)23-7-5-13-33-27(23)35-28(31)38/h4-10,13-14,25H,11-12,15-17H2,1-3H3,(H,34,37)(H,33,35,38)/t25-,31?/m0/s1. The Kier molecular flexibility index (Phi) is 5.82. The third kappa shape index (κ3) is 4.09. The molecule has 2 aromatic carbocycles. The molecule has 39 heavy (non-hydrogen) atoms. The molecule has 8 heteroatoms. The second kappa shape index (κ2) is 9.00. The summed E-state index contributed by atoms with van der Waals surface area (Å²) in [7, 11) is 0. The maximum absolute atomic E-state index is 14.4. The van der Waals surface area contributed by atoms with E-state index in [4.69, 9.17) is 0 Å². The van der Waals surface area contributed by atoms with E-state index in [0.29, 0.717) is 42.8 Å². The molecule has 2 N–H and O–H groups in total.